The highest BCUT2D eigenvalue weighted by molar-refractivity contribution is 7.80. The number of guanidine groups is 1. The van der Waals surface area contributed by atoms with Crippen LogP contribution < -0.4 is 16.0 Å². The molecule has 2 aromatic rings. The van der Waals surface area contributed by atoms with Crippen molar-refractivity contribution in [2.75, 3.05) is 30.9 Å². The van der Waals surface area contributed by atoms with Crippen molar-refractivity contribution in [3.8, 4) is 0 Å². The first-order valence-corrected chi connectivity index (χ1v) is 9.56. The Hall–Kier alpha value is -2.58. The van der Waals surface area contributed by atoms with Crippen LogP contribution in [0.25, 0.3) is 0 Å². The molecule has 150 valence electrons. The summed E-state index contributed by atoms with van der Waals surface area (Å²) in [5.74, 6) is 0.965. The normalized spacial score (nSPS) is 11.2. The van der Waals surface area contributed by atoms with Gasteiger partial charge in [-0.05, 0) is 75.7 Å². The van der Waals surface area contributed by atoms with Gasteiger partial charge in [-0.1, -0.05) is 6.07 Å². The molecule has 1 aromatic carbocycles. The Bertz CT molecular complexity index is 832. The molecule has 28 heavy (non-hydrogen) atoms. The van der Waals surface area contributed by atoms with Gasteiger partial charge in [-0.3, -0.25) is 10.3 Å². The van der Waals surface area contributed by atoms with Crippen LogP contribution in [-0.2, 0) is 4.74 Å². The predicted molar refractivity (Wildman–Crippen MR) is 119 cm³/mol. The number of anilines is 2. The number of methoxy groups -OCH3 is 1. The summed E-state index contributed by atoms with van der Waals surface area (Å²) in [7, 11) is 1.67. The summed E-state index contributed by atoms with van der Waals surface area (Å²) in [4.78, 5) is 13.3. The van der Waals surface area contributed by atoms with Gasteiger partial charge >= 0.3 is 0 Å². The van der Waals surface area contributed by atoms with Crippen LogP contribution in [0.4, 0.5) is 11.6 Å². The second kappa shape index (κ2) is 10.7. The summed E-state index contributed by atoms with van der Waals surface area (Å²) in [6.45, 7) is 9.22. The summed E-state index contributed by atoms with van der Waals surface area (Å²) >= 11 is 5.45. The number of hydrogen-bond acceptors (Lipinski definition) is 5. The Balaban J connectivity index is 2.09. The SMILES string of the molecule is COCCCN=C(NC(=S)Nc1ccc(C)c(C)c1)Nc1nc(C)cc(C)n1. The van der Waals surface area contributed by atoms with E-state index in [4.69, 9.17) is 17.0 Å². The van der Waals surface area contributed by atoms with E-state index in [1.54, 1.807) is 7.11 Å². The average Bonchev–Trinajstić information content (AvgIpc) is 2.61. The van der Waals surface area contributed by atoms with Crippen LogP contribution in [0.5, 0.6) is 0 Å². The van der Waals surface area contributed by atoms with E-state index >= 15 is 0 Å². The molecule has 8 heteroatoms. The molecule has 1 heterocycles. The fraction of sp³-hybridized carbons (Fsp3) is 0.400. The highest BCUT2D eigenvalue weighted by Crippen LogP contribution is 2.14. The standard InChI is InChI=1S/C20H28N6OS/c1-13-7-8-17(11-14(13)2)24-20(28)26-18(21-9-6-10-27-5)25-19-22-15(3)12-16(4)23-19/h7-8,11-12H,6,9-10H2,1-5H3,(H3,21,22,23,24,25,26,28). The number of nitrogens with one attached hydrogen (secondary N) is 3. The number of ether oxygens (including phenoxy) is 1. The van der Waals surface area contributed by atoms with Crippen molar-refractivity contribution in [2.45, 2.75) is 34.1 Å². The molecule has 0 bridgehead atoms. The lowest BCUT2D eigenvalue weighted by Gasteiger charge is -2.15. The first-order chi connectivity index (χ1) is 13.4. The first kappa shape index (κ1) is 21.7. The summed E-state index contributed by atoms with van der Waals surface area (Å²) in [5, 5.41) is 9.85. The van der Waals surface area contributed by atoms with E-state index in [-0.39, 0.29) is 0 Å². The minimum Gasteiger partial charge on any atom is -0.385 e. The number of aliphatic imine (C=N–C) groups is 1. The maximum Gasteiger partial charge on any atom is 0.229 e. The molecule has 0 aliphatic heterocycles. The van der Waals surface area contributed by atoms with Gasteiger partial charge in [-0.2, -0.15) is 0 Å². The second-order valence-electron chi connectivity index (χ2n) is 6.55. The molecule has 0 aliphatic rings. The molecular weight excluding hydrogens is 372 g/mol. The topological polar surface area (TPSA) is 83.5 Å². The lowest BCUT2D eigenvalue weighted by Crippen LogP contribution is -2.39. The monoisotopic (exact) mass is 400 g/mol. The molecule has 0 aliphatic carbocycles. The molecular formula is C20H28N6OS. The van der Waals surface area contributed by atoms with E-state index in [9.17, 15) is 0 Å². The van der Waals surface area contributed by atoms with E-state index in [1.165, 1.54) is 11.1 Å². The second-order valence-corrected chi connectivity index (χ2v) is 6.96. The van der Waals surface area contributed by atoms with Crippen molar-refractivity contribution in [3.63, 3.8) is 0 Å². The Kier molecular flexibility index (Phi) is 8.28. The van der Waals surface area contributed by atoms with Crippen molar-refractivity contribution in [1.29, 1.82) is 0 Å². The van der Waals surface area contributed by atoms with Gasteiger partial charge in [0.05, 0.1) is 0 Å². The third kappa shape index (κ3) is 7.21. The fourth-order valence-electron chi connectivity index (χ4n) is 2.49. The molecule has 7 nitrogen and oxygen atoms in total. The average molecular weight is 401 g/mol. The van der Waals surface area contributed by atoms with Crippen LogP contribution in [0.1, 0.15) is 28.9 Å². The Morgan fingerprint density at radius 2 is 1.75 bits per heavy atom. The van der Waals surface area contributed by atoms with Gasteiger partial charge in [0.25, 0.3) is 0 Å². The van der Waals surface area contributed by atoms with Gasteiger partial charge in [0, 0.05) is 37.3 Å². The minimum atomic E-state index is 0.436. The summed E-state index contributed by atoms with van der Waals surface area (Å²) in [5.41, 5.74) is 5.11. The van der Waals surface area contributed by atoms with Crippen molar-refractivity contribution >= 4 is 34.9 Å². The number of thiocarbonyl (C=S) groups is 1. The molecule has 0 spiro atoms. The number of rotatable bonds is 6. The third-order valence-corrected chi connectivity index (χ3v) is 4.19. The molecule has 1 aromatic heterocycles. The predicted octanol–water partition coefficient (Wildman–Crippen LogP) is 3.50. The van der Waals surface area contributed by atoms with E-state index in [0.29, 0.717) is 30.2 Å². The quantitative estimate of drug-likeness (QED) is 0.296. The van der Waals surface area contributed by atoms with E-state index in [2.05, 4.69) is 56.9 Å². The van der Waals surface area contributed by atoms with Crippen molar-refractivity contribution < 1.29 is 4.74 Å². The Morgan fingerprint density at radius 3 is 2.39 bits per heavy atom. The van der Waals surface area contributed by atoms with Gasteiger partial charge in [0.15, 0.2) is 5.11 Å². The fourth-order valence-corrected chi connectivity index (χ4v) is 2.70. The summed E-state index contributed by atoms with van der Waals surface area (Å²) in [6, 6.07) is 8.02. The van der Waals surface area contributed by atoms with E-state index in [0.717, 1.165) is 23.5 Å². The molecule has 0 amide bonds. The number of aromatic nitrogens is 2. The lowest BCUT2D eigenvalue weighted by molar-refractivity contribution is 0.197. The number of aryl methyl sites for hydroxylation is 4. The maximum absolute atomic E-state index is 5.45. The summed E-state index contributed by atoms with van der Waals surface area (Å²) in [6.07, 6.45) is 0.800. The Labute approximate surface area is 172 Å². The number of hydrogen-bond donors (Lipinski definition) is 3. The van der Waals surface area contributed by atoms with Gasteiger partial charge in [-0.25, -0.2) is 9.97 Å². The molecule has 0 unspecified atom stereocenters. The van der Waals surface area contributed by atoms with Crippen LogP contribution >= 0.6 is 12.2 Å². The van der Waals surface area contributed by atoms with Crippen LogP contribution in [0.2, 0.25) is 0 Å². The van der Waals surface area contributed by atoms with Crippen LogP contribution in [0.3, 0.4) is 0 Å². The van der Waals surface area contributed by atoms with Gasteiger partial charge in [0.2, 0.25) is 11.9 Å². The van der Waals surface area contributed by atoms with E-state index < -0.39 is 0 Å². The van der Waals surface area contributed by atoms with Crippen molar-refractivity contribution in [2.24, 2.45) is 4.99 Å². The zero-order valence-corrected chi connectivity index (χ0v) is 17.9. The van der Waals surface area contributed by atoms with Crippen LogP contribution in [0, 0.1) is 27.7 Å². The van der Waals surface area contributed by atoms with E-state index in [1.807, 2.05) is 26.0 Å². The third-order valence-electron chi connectivity index (χ3n) is 3.99. The van der Waals surface area contributed by atoms with Gasteiger partial charge < -0.3 is 15.4 Å². The molecule has 0 saturated carbocycles. The van der Waals surface area contributed by atoms with Crippen LogP contribution in [0.15, 0.2) is 29.3 Å². The molecule has 0 saturated heterocycles. The molecule has 0 fully saturated rings. The zero-order chi connectivity index (χ0) is 20.5. The van der Waals surface area contributed by atoms with Gasteiger partial charge in [0.1, 0.15) is 0 Å². The smallest absolute Gasteiger partial charge is 0.229 e. The number of nitrogens with zero attached hydrogens (tertiary/aromatic N) is 3. The molecule has 0 radical (unpaired) electrons. The highest BCUT2D eigenvalue weighted by atomic mass is 32.1. The largest absolute Gasteiger partial charge is 0.385 e. The number of benzene rings is 1. The van der Waals surface area contributed by atoms with Crippen molar-refractivity contribution in [1.82, 2.24) is 15.3 Å². The molecule has 3 N–H and O–H groups in total. The lowest BCUT2D eigenvalue weighted by atomic mass is 10.1. The first-order valence-electron chi connectivity index (χ1n) is 9.15. The Morgan fingerprint density at radius 1 is 1.04 bits per heavy atom. The molecule has 2 rings (SSSR count). The molecule has 0 atom stereocenters. The minimum absolute atomic E-state index is 0.436. The van der Waals surface area contributed by atoms with Gasteiger partial charge in [-0.15, -0.1) is 0 Å². The van der Waals surface area contributed by atoms with Crippen LogP contribution in [-0.4, -0.2) is 41.3 Å². The zero-order valence-electron chi connectivity index (χ0n) is 17.1. The van der Waals surface area contributed by atoms with Crippen molar-refractivity contribution in [3.05, 3.63) is 46.8 Å². The maximum atomic E-state index is 5.45. The summed E-state index contributed by atoms with van der Waals surface area (Å²) < 4.78 is 5.08. The highest BCUT2D eigenvalue weighted by Gasteiger charge is 2.07.